The van der Waals surface area contributed by atoms with Gasteiger partial charge in [0.1, 0.15) is 0 Å². The monoisotopic (exact) mass is 359 g/mol. The maximum atomic E-state index is 12.3. The van der Waals surface area contributed by atoms with Crippen molar-refractivity contribution in [1.82, 2.24) is 0 Å². The number of carbonyl (C=O) groups is 1. The van der Waals surface area contributed by atoms with E-state index in [0.717, 1.165) is 12.6 Å². The first-order chi connectivity index (χ1) is 9.11. The van der Waals surface area contributed by atoms with Crippen molar-refractivity contribution < 1.29 is 4.79 Å². The molecule has 0 aliphatic rings. The number of hydrogen-bond donors (Lipinski definition) is 0. The first kappa shape index (κ1) is 21.8. The van der Waals surface area contributed by atoms with E-state index < -0.39 is 0 Å². The van der Waals surface area contributed by atoms with Crippen molar-refractivity contribution in [2.24, 2.45) is 11.3 Å². The zero-order valence-corrected chi connectivity index (χ0v) is 16.5. The van der Waals surface area contributed by atoms with Crippen LogP contribution in [0.15, 0.2) is 12.1 Å². The predicted molar refractivity (Wildman–Crippen MR) is 98.0 cm³/mol. The Morgan fingerprint density at radius 3 is 2.24 bits per heavy atom. The van der Waals surface area contributed by atoms with Crippen LogP contribution >= 0.6 is 43.4 Å². The molecular formula is C15H20Cl3LiOP. The fourth-order valence-electron chi connectivity index (χ4n) is 2.21. The van der Waals surface area contributed by atoms with Crippen LogP contribution in [0.5, 0.6) is 0 Å². The molecule has 1 radical (unpaired) electrons. The molecule has 1 aromatic carbocycles. The van der Waals surface area contributed by atoms with E-state index in [4.69, 9.17) is 34.8 Å². The van der Waals surface area contributed by atoms with Crippen LogP contribution in [0.25, 0.3) is 0 Å². The molecule has 0 amide bonds. The Morgan fingerprint density at radius 2 is 1.71 bits per heavy atom. The number of carbonyl (C=O) groups excluding carboxylic acids is 1. The van der Waals surface area contributed by atoms with E-state index in [2.05, 4.69) is 27.7 Å². The minimum Gasteiger partial charge on any atom is -0.289 e. The van der Waals surface area contributed by atoms with Gasteiger partial charge in [-0.3, -0.25) is 4.79 Å². The normalized spacial score (nSPS) is 13.3. The van der Waals surface area contributed by atoms with Gasteiger partial charge >= 0.3 is 0 Å². The Balaban J connectivity index is 0.00000400. The third kappa shape index (κ3) is 7.26. The molecule has 1 aromatic rings. The van der Waals surface area contributed by atoms with E-state index in [1.165, 1.54) is 0 Å². The van der Waals surface area contributed by atoms with Gasteiger partial charge in [0.05, 0.1) is 20.6 Å². The number of benzene rings is 1. The average Bonchev–Trinajstić information content (AvgIpc) is 2.30. The first-order valence-electron chi connectivity index (χ1n) is 6.53. The molecule has 6 heteroatoms. The van der Waals surface area contributed by atoms with Gasteiger partial charge in [-0.05, 0) is 44.6 Å². The molecule has 0 aliphatic carbocycles. The molecule has 113 valence electrons. The smallest absolute Gasteiger partial charge is 0.184 e. The fraction of sp³-hybridized carbons (Fsp3) is 0.533. The van der Waals surface area contributed by atoms with Crippen LogP contribution in [0.1, 0.15) is 44.5 Å². The summed E-state index contributed by atoms with van der Waals surface area (Å²) in [5.74, 6) is 0.494. The van der Waals surface area contributed by atoms with E-state index in [9.17, 15) is 4.79 Å². The van der Waals surface area contributed by atoms with Gasteiger partial charge in [0.25, 0.3) is 0 Å². The van der Waals surface area contributed by atoms with Gasteiger partial charge in [-0.15, -0.1) is 0 Å². The van der Waals surface area contributed by atoms with Gasteiger partial charge < -0.3 is 0 Å². The summed E-state index contributed by atoms with van der Waals surface area (Å²) in [5.41, 5.74) is 0.628. The minimum atomic E-state index is -0.0109. The van der Waals surface area contributed by atoms with Crippen molar-refractivity contribution in [3.05, 3.63) is 32.8 Å². The Hall–Kier alpha value is 0.787. The molecule has 2 atom stereocenters. The second-order valence-corrected chi connectivity index (χ2v) is 8.71. The van der Waals surface area contributed by atoms with Gasteiger partial charge in [0.2, 0.25) is 0 Å². The number of halogens is 3. The molecule has 0 aliphatic heterocycles. The van der Waals surface area contributed by atoms with Crippen LogP contribution in [-0.4, -0.2) is 30.5 Å². The van der Waals surface area contributed by atoms with Gasteiger partial charge in [-0.1, -0.05) is 62.5 Å². The van der Waals surface area contributed by atoms with Crippen LogP contribution in [-0.2, 0) is 0 Å². The third-order valence-corrected chi connectivity index (χ3v) is 5.43. The van der Waals surface area contributed by atoms with Gasteiger partial charge in [0, 0.05) is 18.9 Å². The van der Waals surface area contributed by atoms with Crippen molar-refractivity contribution in [3.8, 4) is 0 Å². The quantitative estimate of drug-likeness (QED) is 0.349. The standard InChI is InChI=1S/C15H20Cl3OP.Li/c1-9(7-15(2,3)4)8-20-14(19)12-10(16)5-6-11(17)13(12)18;/h5-6,9,20H,7-8H2,1-4H3;. The minimum absolute atomic E-state index is 0. The second-order valence-electron chi connectivity index (χ2n) is 6.30. The largest absolute Gasteiger partial charge is 0.289 e. The molecule has 21 heavy (non-hydrogen) atoms. The summed E-state index contributed by atoms with van der Waals surface area (Å²) >= 11 is 18.1. The Labute approximate surface area is 156 Å². The molecule has 0 saturated carbocycles. The van der Waals surface area contributed by atoms with Gasteiger partial charge in [-0.25, -0.2) is 0 Å². The van der Waals surface area contributed by atoms with Crippen molar-refractivity contribution >= 4 is 67.8 Å². The van der Waals surface area contributed by atoms with Crippen molar-refractivity contribution in [2.45, 2.75) is 34.1 Å². The Morgan fingerprint density at radius 1 is 1.19 bits per heavy atom. The molecule has 0 bridgehead atoms. The molecule has 1 rings (SSSR count). The molecular weight excluding hydrogens is 340 g/mol. The topological polar surface area (TPSA) is 17.1 Å². The van der Waals surface area contributed by atoms with Crippen LogP contribution in [0.4, 0.5) is 0 Å². The molecule has 0 aromatic heterocycles. The molecule has 2 unspecified atom stereocenters. The van der Waals surface area contributed by atoms with Gasteiger partial charge in [-0.2, -0.15) is 0 Å². The number of rotatable bonds is 5. The number of hydrogen-bond acceptors (Lipinski definition) is 1. The zero-order valence-electron chi connectivity index (χ0n) is 13.2. The third-order valence-electron chi connectivity index (χ3n) is 2.84. The van der Waals surface area contributed by atoms with Crippen LogP contribution in [0.3, 0.4) is 0 Å². The summed E-state index contributed by atoms with van der Waals surface area (Å²) in [6.45, 7) is 8.80. The van der Waals surface area contributed by atoms with E-state index in [-0.39, 0.29) is 43.4 Å². The molecule has 1 nitrogen and oxygen atoms in total. The second kappa shape index (κ2) is 9.17. The Bertz CT molecular complexity index is 500. The van der Waals surface area contributed by atoms with Crippen molar-refractivity contribution in [3.63, 3.8) is 0 Å². The van der Waals surface area contributed by atoms with Crippen molar-refractivity contribution in [1.29, 1.82) is 0 Å². The van der Waals surface area contributed by atoms with Crippen molar-refractivity contribution in [2.75, 3.05) is 6.16 Å². The summed E-state index contributed by atoms with van der Waals surface area (Å²) in [5, 5.41) is 1.01. The summed E-state index contributed by atoms with van der Waals surface area (Å²) in [7, 11) is 0.172. The molecule has 0 saturated heterocycles. The van der Waals surface area contributed by atoms with Crippen LogP contribution in [0.2, 0.25) is 15.1 Å². The van der Waals surface area contributed by atoms with Gasteiger partial charge in [0.15, 0.2) is 5.52 Å². The predicted octanol–water partition coefficient (Wildman–Crippen LogP) is 6.16. The van der Waals surface area contributed by atoms with E-state index in [1.54, 1.807) is 12.1 Å². The van der Waals surface area contributed by atoms with E-state index >= 15 is 0 Å². The van der Waals surface area contributed by atoms with Crippen LogP contribution < -0.4 is 0 Å². The maximum Gasteiger partial charge on any atom is 0.184 e. The maximum absolute atomic E-state index is 12.3. The molecule has 0 N–H and O–H groups in total. The zero-order chi connectivity index (χ0) is 15.5. The average molecular weight is 361 g/mol. The van der Waals surface area contributed by atoms with Crippen LogP contribution in [0, 0.1) is 11.3 Å². The fourth-order valence-corrected chi connectivity index (χ4v) is 4.18. The van der Waals surface area contributed by atoms with E-state index in [0.29, 0.717) is 21.5 Å². The summed E-state index contributed by atoms with van der Waals surface area (Å²) < 4.78 is 0. The first-order valence-corrected chi connectivity index (χ1v) is 8.87. The molecule has 0 fully saturated rings. The Kier molecular flexibility index (Phi) is 9.52. The molecule has 0 heterocycles. The molecule has 0 spiro atoms. The van der Waals surface area contributed by atoms with E-state index in [1.807, 2.05) is 0 Å². The summed E-state index contributed by atoms with van der Waals surface area (Å²) in [4.78, 5) is 12.3. The summed E-state index contributed by atoms with van der Waals surface area (Å²) in [6.07, 6.45) is 1.94. The summed E-state index contributed by atoms with van der Waals surface area (Å²) in [6, 6.07) is 3.22. The SMILES string of the molecule is CC(CPC(=O)c1c(Cl)ccc(Cl)c1Cl)CC(C)(C)C.[Li].